The Morgan fingerprint density at radius 2 is 2.11 bits per heavy atom. The lowest BCUT2D eigenvalue weighted by Crippen LogP contribution is -2.31. The van der Waals surface area contributed by atoms with Crippen molar-refractivity contribution < 1.29 is 22.8 Å². The molecule has 3 rings (SSSR count). The normalized spacial score (nSPS) is 15.7. The maximum atomic E-state index is 13.3. The lowest BCUT2D eigenvalue weighted by Gasteiger charge is -2.19. The summed E-state index contributed by atoms with van der Waals surface area (Å²) in [6.07, 6.45) is -0.287. The van der Waals surface area contributed by atoms with Crippen LogP contribution in [0.3, 0.4) is 0 Å². The zero-order valence-corrected chi connectivity index (χ0v) is 15.4. The summed E-state index contributed by atoms with van der Waals surface area (Å²) in [4.78, 5) is 25.7. The topological polar surface area (TPSA) is 67.2 Å². The van der Waals surface area contributed by atoms with E-state index in [-0.39, 0.29) is 29.6 Å². The highest BCUT2D eigenvalue weighted by Crippen LogP contribution is 2.34. The number of anilines is 1. The Hall–Kier alpha value is -2.84. The van der Waals surface area contributed by atoms with Gasteiger partial charge >= 0.3 is 6.18 Å². The second kappa shape index (κ2) is 8.04. The van der Waals surface area contributed by atoms with E-state index in [9.17, 15) is 22.8 Å². The Labute approximate surface area is 160 Å². The Morgan fingerprint density at radius 1 is 1.32 bits per heavy atom. The van der Waals surface area contributed by atoms with E-state index in [0.29, 0.717) is 25.9 Å². The minimum absolute atomic E-state index is 0.0364. The molecule has 6 nitrogen and oxygen atoms in total. The summed E-state index contributed by atoms with van der Waals surface area (Å²) in [5, 5.41) is 6.75. The second-order valence-corrected chi connectivity index (χ2v) is 6.96. The van der Waals surface area contributed by atoms with Gasteiger partial charge in [0.2, 0.25) is 5.91 Å². The second-order valence-electron chi connectivity index (χ2n) is 6.96. The standard InChI is InChI=1S/C19H21F3N4O2/c1-13(12-25-6-3-5-24-25)11-23-18(28)14-8-15(19(20,21)22)10-16(9-14)26-7-2-4-17(26)27/h3,5-6,8-10,13H,2,4,7,11-12H2,1H3,(H,23,28). The zero-order chi connectivity index (χ0) is 20.3. The Bertz CT molecular complexity index is 849. The summed E-state index contributed by atoms with van der Waals surface area (Å²) in [5.74, 6) is -0.806. The van der Waals surface area contributed by atoms with Gasteiger partial charge < -0.3 is 10.2 Å². The number of benzene rings is 1. The van der Waals surface area contributed by atoms with Crippen molar-refractivity contribution in [3.63, 3.8) is 0 Å². The molecule has 2 amide bonds. The summed E-state index contributed by atoms with van der Waals surface area (Å²) in [7, 11) is 0. The van der Waals surface area contributed by atoms with Gasteiger partial charge in [-0.25, -0.2) is 0 Å². The molecule has 1 atom stereocenters. The SMILES string of the molecule is CC(CNC(=O)c1cc(N2CCCC2=O)cc(C(F)(F)F)c1)Cn1cccn1. The predicted octanol–water partition coefficient (Wildman–Crippen LogP) is 3.09. The van der Waals surface area contributed by atoms with Crippen molar-refractivity contribution in [2.45, 2.75) is 32.5 Å². The fraction of sp³-hybridized carbons (Fsp3) is 0.421. The molecule has 9 heteroatoms. The van der Waals surface area contributed by atoms with Gasteiger partial charge in [0.25, 0.3) is 5.91 Å². The van der Waals surface area contributed by atoms with Gasteiger partial charge in [-0.1, -0.05) is 6.92 Å². The minimum Gasteiger partial charge on any atom is -0.352 e. The number of hydrogen-bond donors (Lipinski definition) is 1. The van der Waals surface area contributed by atoms with E-state index in [0.717, 1.165) is 12.1 Å². The third-order valence-electron chi connectivity index (χ3n) is 4.56. The maximum Gasteiger partial charge on any atom is 0.416 e. The number of rotatable bonds is 6. The van der Waals surface area contributed by atoms with Crippen LogP contribution in [-0.2, 0) is 17.5 Å². The smallest absolute Gasteiger partial charge is 0.352 e. The molecular formula is C19H21F3N4O2. The molecule has 1 aromatic carbocycles. The van der Waals surface area contributed by atoms with Crippen LogP contribution in [0.5, 0.6) is 0 Å². The van der Waals surface area contributed by atoms with E-state index in [1.807, 2.05) is 6.92 Å². The molecule has 1 N–H and O–H groups in total. The molecule has 2 heterocycles. The zero-order valence-electron chi connectivity index (χ0n) is 15.4. The summed E-state index contributed by atoms with van der Waals surface area (Å²) in [5.41, 5.74) is -0.956. The van der Waals surface area contributed by atoms with Crippen molar-refractivity contribution in [3.8, 4) is 0 Å². The number of aromatic nitrogens is 2. The number of alkyl halides is 3. The molecule has 28 heavy (non-hydrogen) atoms. The summed E-state index contributed by atoms with van der Waals surface area (Å²) >= 11 is 0. The van der Waals surface area contributed by atoms with Crippen LogP contribution in [0.25, 0.3) is 0 Å². The molecule has 1 fully saturated rings. The number of hydrogen-bond acceptors (Lipinski definition) is 3. The summed E-state index contributed by atoms with van der Waals surface area (Å²) in [6, 6.07) is 4.86. The fourth-order valence-electron chi connectivity index (χ4n) is 3.14. The third-order valence-corrected chi connectivity index (χ3v) is 4.56. The van der Waals surface area contributed by atoms with Crippen LogP contribution in [0.2, 0.25) is 0 Å². The van der Waals surface area contributed by atoms with Crippen molar-refractivity contribution in [1.82, 2.24) is 15.1 Å². The van der Waals surface area contributed by atoms with Gasteiger partial charge in [0.15, 0.2) is 0 Å². The monoisotopic (exact) mass is 394 g/mol. The van der Waals surface area contributed by atoms with Crippen molar-refractivity contribution in [2.75, 3.05) is 18.0 Å². The quantitative estimate of drug-likeness (QED) is 0.819. The minimum atomic E-state index is -4.61. The van der Waals surface area contributed by atoms with Crippen molar-refractivity contribution in [3.05, 3.63) is 47.8 Å². The van der Waals surface area contributed by atoms with Gasteiger partial charge in [-0.3, -0.25) is 14.3 Å². The molecule has 0 saturated carbocycles. The molecule has 1 aliphatic heterocycles. The van der Waals surface area contributed by atoms with E-state index < -0.39 is 17.6 Å². The number of halogens is 3. The molecule has 0 spiro atoms. The lowest BCUT2D eigenvalue weighted by atomic mass is 10.1. The van der Waals surface area contributed by atoms with Gasteiger partial charge in [0, 0.05) is 49.7 Å². The highest BCUT2D eigenvalue weighted by atomic mass is 19.4. The average molecular weight is 394 g/mol. The van der Waals surface area contributed by atoms with Crippen LogP contribution < -0.4 is 10.2 Å². The van der Waals surface area contributed by atoms with Gasteiger partial charge in [-0.15, -0.1) is 0 Å². The highest BCUT2D eigenvalue weighted by Gasteiger charge is 2.33. The molecule has 1 aliphatic rings. The van der Waals surface area contributed by atoms with Gasteiger partial charge in [-0.2, -0.15) is 18.3 Å². The molecule has 150 valence electrons. The van der Waals surface area contributed by atoms with Crippen molar-refractivity contribution in [2.24, 2.45) is 5.92 Å². The van der Waals surface area contributed by atoms with E-state index in [1.165, 1.54) is 11.0 Å². The van der Waals surface area contributed by atoms with Gasteiger partial charge in [-0.05, 0) is 36.6 Å². The first-order valence-corrected chi connectivity index (χ1v) is 9.02. The molecule has 1 saturated heterocycles. The van der Waals surface area contributed by atoms with Gasteiger partial charge in [0.1, 0.15) is 0 Å². The number of nitrogens with zero attached hydrogens (tertiary/aromatic N) is 3. The Balaban J connectivity index is 1.75. The first-order chi connectivity index (χ1) is 13.2. The van der Waals surface area contributed by atoms with E-state index in [2.05, 4.69) is 10.4 Å². The Kier molecular flexibility index (Phi) is 5.71. The Morgan fingerprint density at radius 3 is 2.71 bits per heavy atom. The third kappa shape index (κ3) is 4.71. The largest absolute Gasteiger partial charge is 0.416 e. The van der Waals surface area contributed by atoms with E-state index in [4.69, 9.17) is 0 Å². The lowest BCUT2D eigenvalue weighted by molar-refractivity contribution is -0.137. The van der Waals surface area contributed by atoms with Crippen LogP contribution in [0.1, 0.15) is 35.7 Å². The molecule has 1 unspecified atom stereocenters. The fourth-order valence-corrected chi connectivity index (χ4v) is 3.14. The first-order valence-electron chi connectivity index (χ1n) is 9.02. The van der Waals surface area contributed by atoms with Crippen molar-refractivity contribution >= 4 is 17.5 Å². The van der Waals surface area contributed by atoms with Crippen LogP contribution in [0.15, 0.2) is 36.7 Å². The van der Waals surface area contributed by atoms with E-state index in [1.54, 1.807) is 23.1 Å². The molecular weight excluding hydrogens is 373 g/mol. The average Bonchev–Trinajstić information content (AvgIpc) is 3.30. The van der Waals surface area contributed by atoms with Crippen LogP contribution in [0.4, 0.5) is 18.9 Å². The highest BCUT2D eigenvalue weighted by molar-refractivity contribution is 5.99. The molecule has 0 bridgehead atoms. The number of nitrogens with one attached hydrogen (secondary N) is 1. The molecule has 1 aromatic heterocycles. The van der Waals surface area contributed by atoms with Crippen LogP contribution in [0, 0.1) is 5.92 Å². The van der Waals surface area contributed by atoms with Crippen LogP contribution in [-0.4, -0.2) is 34.7 Å². The van der Waals surface area contributed by atoms with Crippen molar-refractivity contribution in [1.29, 1.82) is 0 Å². The number of carbonyl (C=O) groups is 2. The van der Waals surface area contributed by atoms with E-state index >= 15 is 0 Å². The number of amides is 2. The summed E-state index contributed by atoms with van der Waals surface area (Å²) in [6.45, 7) is 3.11. The van der Waals surface area contributed by atoms with Gasteiger partial charge in [0.05, 0.1) is 5.56 Å². The maximum absolute atomic E-state index is 13.3. The number of carbonyl (C=O) groups excluding carboxylic acids is 2. The van der Waals surface area contributed by atoms with Crippen LogP contribution >= 0.6 is 0 Å². The predicted molar refractivity (Wildman–Crippen MR) is 96.8 cm³/mol. The summed E-state index contributed by atoms with van der Waals surface area (Å²) < 4.78 is 41.5. The molecule has 0 radical (unpaired) electrons. The molecule has 2 aromatic rings. The first kappa shape index (κ1) is 19.9. The molecule has 0 aliphatic carbocycles.